The molecule has 3 rings (SSSR count). The first-order valence-corrected chi connectivity index (χ1v) is 8.51. The van der Waals surface area contributed by atoms with Gasteiger partial charge in [-0.1, -0.05) is 0 Å². The third-order valence-corrected chi connectivity index (χ3v) is 6.55. The molecule has 0 aliphatic carbocycles. The lowest BCUT2D eigenvalue weighted by atomic mass is 9.98. The maximum Gasteiger partial charge on any atom is 0.269 e. The Morgan fingerprint density at radius 3 is 2.57 bits per heavy atom. The summed E-state index contributed by atoms with van der Waals surface area (Å²) >= 11 is 0. The largest absolute Gasteiger partial charge is 0.313 e. The van der Waals surface area contributed by atoms with Gasteiger partial charge in [0.15, 0.2) is 0 Å². The van der Waals surface area contributed by atoms with E-state index >= 15 is 0 Å². The summed E-state index contributed by atoms with van der Waals surface area (Å²) in [7, 11) is -4.15. The average Bonchev–Trinajstić information content (AvgIpc) is 2.76. The third kappa shape index (κ3) is 2.41. The standard InChI is InChI=1S/C13H15F2N3O4S/c14-12(15)13-6-5-10(7-16-8-13)17(13)23(21,22)11-3-1-9(2-4-11)18(19)20/h1-4,10,12,16H,5-8H2. The van der Waals surface area contributed by atoms with E-state index in [2.05, 4.69) is 5.32 Å². The second-order valence-corrected chi connectivity index (χ2v) is 7.59. The molecule has 2 unspecified atom stereocenters. The smallest absolute Gasteiger partial charge is 0.269 e. The molecule has 2 atom stereocenters. The summed E-state index contributed by atoms with van der Waals surface area (Å²) in [6.45, 7) is 0.216. The summed E-state index contributed by atoms with van der Waals surface area (Å²) in [5, 5.41) is 13.5. The first kappa shape index (κ1) is 16.2. The fraction of sp³-hybridized carbons (Fsp3) is 0.538. The molecule has 10 heteroatoms. The highest BCUT2D eigenvalue weighted by Gasteiger charge is 2.59. The van der Waals surface area contributed by atoms with Gasteiger partial charge in [0.1, 0.15) is 5.54 Å². The van der Waals surface area contributed by atoms with E-state index in [1.807, 2.05) is 0 Å². The van der Waals surface area contributed by atoms with Gasteiger partial charge in [0.25, 0.3) is 12.1 Å². The monoisotopic (exact) mass is 347 g/mol. The van der Waals surface area contributed by atoms with Gasteiger partial charge in [-0.2, -0.15) is 4.31 Å². The molecule has 1 aromatic carbocycles. The normalized spacial score (nSPS) is 28.2. The molecular weight excluding hydrogens is 332 g/mol. The van der Waals surface area contributed by atoms with Gasteiger partial charge in [-0.05, 0) is 25.0 Å². The molecule has 0 aromatic heterocycles. The highest BCUT2D eigenvalue weighted by molar-refractivity contribution is 7.89. The molecular formula is C13H15F2N3O4S. The van der Waals surface area contributed by atoms with Crippen LogP contribution in [0.25, 0.3) is 0 Å². The summed E-state index contributed by atoms with van der Waals surface area (Å²) < 4.78 is 53.9. The number of hydrogen-bond acceptors (Lipinski definition) is 5. The zero-order valence-electron chi connectivity index (χ0n) is 12.0. The van der Waals surface area contributed by atoms with Gasteiger partial charge >= 0.3 is 0 Å². The van der Waals surface area contributed by atoms with E-state index in [1.165, 1.54) is 0 Å². The molecule has 2 heterocycles. The highest BCUT2D eigenvalue weighted by atomic mass is 32.2. The molecule has 2 aliphatic rings. The molecule has 2 bridgehead atoms. The van der Waals surface area contributed by atoms with Gasteiger partial charge < -0.3 is 5.32 Å². The number of alkyl halides is 2. The number of fused-ring (bicyclic) bond motifs is 2. The Labute approximate surface area is 131 Å². The Hall–Kier alpha value is -1.65. The second kappa shape index (κ2) is 5.46. The van der Waals surface area contributed by atoms with E-state index < -0.39 is 33.0 Å². The summed E-state index contributed by atoms with van der Waals surface area (Å²) in [5.74, 6) is 0. The van der Waals surface area contributed by atoms with Crippen LogP contribution in [0.15, 0.2) is 29.2 Å². The van der Waals surface area contributed by atoms with E-state index in [9.17, 15) is 27.3 Å². The maximum atomic E-state index is 13.6. The fourth-order valence-electron chi connectivity index (χ4n) is 3.39. The minimum atomic E-state index is -4.15. The average molecular weight is 347 g/mol. The van der Waals surface area contributed by atoms with Crippen LogP contribution in [0.4, 0.5) is 14.5 Å². The second-order valence-electron chi connectivity index (χ2n) is 5.78. The van der Waals surface area contributed by atoms with E-state index in [4.69, 9.17) is 0 Å². The Morgan fingerprint density at radius 2 is 2.00 bits per heavy atom. The van der Waals surface area contributed by atoms with Crippen molar-refractivity contribution in [2.45, 2.75) is 35.7 Å². The topological polar surface area (TPSA) is 92.5 Å². The molecule has 2 aliphatic heterocycles. The molecule has 1 aromatic rings. The zero-order valence-corrected chi connectivity index (χ0v) is 12.8. The molecule has 0 radical (unpaired) electrons. The molecule has 2 saturated heterocycles. The van der Waals surface area contributed by atoms with Crippen molar-refractivity contribution in [1.82, 2.24) is 9.62 Å². The highest BCUT2D eigenvalue weighted by Crippen LogP contribution is 2.44. The van der Waals surface area contributed by atoms with Crippen molar-refractivity contribution in [2.24, 2.45) is 0 Å². The first-order valence-electron chi connectivity index (χ1n) is 7.07. The van der Waals surface area contributed by atoms with Crippen molar-refractivity contribution in [3.05, 3.63) is 34.4 Å². The van der Waals surface area contributed by atoms with Crippen LogP contribution >= 0.6 is 0 Å². The Balaban J connectivity index is 2.03. The number of benzene rings is 1. The third-order valence-electron chi connectivity index (χ3n) is 4.50. The number of halogens is 2. The van der Waals surface area contributed by atoms with Crippen LogP contribution in [-0.2, 0) is 10.0 Å². The van der Waals surface area contributed by atoms with Gasteiger partial charge in [0.05, 0.1) is 9.82 Å². The van der Waals surface area contributed by atoms with E-state index in [1.54, 1.807) is 0 Å². The number of nitro groups is 1. The lowest BCUT2D eigenvalue weighted by molar-refractivity contribution is -0.384. The number of nitro benzene ring substituents is 1. The maximum absolute atomic E-state index is 13.6. The van der Waals surface area contributed by atoms with Gasteiger partial charge in [-0.3, -0.25) is 10.1 Å². The van der Waals surface area contributed by atoms with Gasteiger partial charge in [0.2, 0.25) is 10.0 Å². The summed E-state index contributed by atoms with van der Waals surface area (Å²) in [5.41, 5.74) is -2.00. The zero-order chi connectivity index (χ0) is 16.8. The summed E-state index contributed by atoms with van der Waals surface area (Å²) in [6.07, 6.45) is -2.36. The van der Waals surface area contributed by atoms with Crippen LogP contribution in [0.5, 0.6) is 0 Å². The molecule has 0 spiro atoms. The van der Waals surface area contributed by atoms with Crippen LogP contribution in [0.2, 0.25) is 0 Å². The van der Waals surface area contributed by atoms with Crippen LogP contribution in [-0.4, -0.2) is 48.7 Å². The van der Waals surface area contributed by atoms with E-state index in [0.717, 1.165) is 28.6 Å². The molecule has 1 N–H and O–H groups in total. The van der Waals surface area contributed by atoms with Crippen LogP contribution < -0.4 is 5.32 Å². The minimum absolute atomic E-state index is 0.0918. The van der Waals surface area contributed by atoms with Gasteiger partial charge in [-0.25, -0.2) is 17.2 Å². The van der Waals surface area contributed by atoms with Crippen molar-refractivity contribution < 1.29 is 22.1 Å². The van der Waals surface area contributed by atoms with Crippen LogP contribution in [0.3, 0.4) is 0 Å². The Bertz CT molecular complexity index is 721. The quantitative estimate of drug-likeness (QED) is 0.656. The molecule has 2 fully saturated rings. The van der Waals surface area contributed by atoms with Crippen molar-refractivity contribution >= 4 is 15.7 Å². The predicted molar refractivity (Wildman–Crippen MR) is 76.7 cm³/mol. The summed E-state index contributed by atoms with van der Waals surface area (Å²) in [6, 6.07) is 3.78. The van der Waals surface area contributed by atoms with Crippen molar-refractivity contribution in [2.75, 3.05) is 13.1 Å². The van der Waals surface area contributed by atoms with E-state index in [0.29, 0.717) is 13.0 Å². The number of nitrogens with one attached hydrogen (secondary N) is 1. The number of hydrogen-bond donors (Lipinski definition) is 1. The van der Waals surface area contributed by atoms with Gasteiger partial charge in [0, 0.05) is 31.3 Å². The number of piperazine rings is 1. The number of sulfonamides is 1. The molecule has 0 saturated carbocycles. The lowest BCUT2D eigenvalue weighted by Gasteiger charge is -2.43. The predicted octanol–water partition coefficient (Wildman–Crippen LogP) is 1.35. The molecule has 0 amide bonds. The van der Waals surface area contributed by atoms with Gasteiger partial charge in [-0.15, -0.1) is 0 Å². The molecule has 126 valence electrons. The Morgan fingerprint density at radius 1 is 1.35 bits per heavy atom. The number of rotatable bonds is 4. The van der Waals surface area contributed by atoms with Crippen LogP contribution in [0.1, 0.15) is 12.8 Å². The summed E-state index contributed by atoms with van der Waals surface area (Å²) in [4.78, 5) is 9.80. The SMILES string of the molecule is O=[N+]([O-])c1ccc(S(=O)(=O)N2C3CCC2(C(F)F)CNC3)cc1. The minimum Gasteiger partial charge on any atom is -0.313 e. The molecule has 23 heavy (non-hydrogen) atoms. The van der Waals surface area contributed by atoms with E-state index in [-0.39, 0.29) is 23.5 Å². The number of non-ortho nitro benzene ring substituents is 1. The van der Waals surface area contributed by atoms with Crippen molar-refractivity contribution in [3.63, 3.8) is 0 Å². The first-order chi connectivity index (χ1) is 10.8. The van der Waals surface area contributed by atoms with Crippen molar-refractivity contribution in [3.8, 4) is 0 Å². The van der Waals surface area contributed by atoms with Crippen LogP contribution in [0, 0.1) is 10.1 Å². The lowest BCUT2D eigenvalue weighted by Crippen LogP contribution is -2.65. The fourth-order valence-corrected chi connectivity index (χ4v) is 5.38. The Kier molecular flexibility index (Phi) is 3.85. The van der Waals surface area contributed by atoms with Crippen molar-refractivity contribution in [1.29, 1.82) is 0 Å². The molecule has 7 nitrogen and oxygen atoms in total. The number of nitrogens with zero attached hydrogens (tertiary/aromatic N) is 2.